The molecule has 1 aromatic carbocycles. The Morgan fingerprint density at radius 1 is 1.32 bits per heavy atom. The van der Waals surface area contributed by atoms with Crippen molar-refractivity contribution in [1.29, 1.82) is 5.26 Å². The number of nitriles is 1. The number of carboxylic acids is 1. The predicted molar refractivity (Wildman–Crippen MR) is 89.0 cm³/mol. The molecule has 0 amide bonds. The molecule has 1 aliphatic heterocycles. The molecule has 1 heterocycles. The number of hydrazine groups is 1. The van der Waals surface area contributed by atoms with Crippen molar-refractivity contribution in [2.45, 2.75) is 29.5 Å². The lowest BCUT2D eigenvalue weighted by Gasteiger charge is -2.19. The van der Waals surface area contributed by atoms with E-state index >= 15 is 0 Å². The molecule has 9 nitrogen and oxygen atoms in total. The standard InChI is InChI=1S/C13H16N4O3S.C2HF3O2/c14-10-13(12(18)6-8-15-13)7-9-16-17-21(19,20)11-4-2-1-3-5-11;3-2(4,5)1(6)7/h1-5,15-17H,6-9H2;(H,6,7). The number of alkyl halides is 3. The fourth-order valence-electron chi connectivity index (χ4n) is 2.14. The zero-order valence-corrected chi connectivity index (χ0v) is 15.1. The topological polar surface area (TPSA) is 148 Å². The van der Waals surface area contributed by atoms with Crippen LogP contribution in [0.2, 0.25) is 0 Å². The minimum Gasteiger partial charge on any atom is -0.475 e. The van der Waals surface area contributed by atoms with Gasteiger partial charge in [-0.25, -0.2) is 18.6 Å². The highest BCUT2D eigenvalue weighted by atomic mass is 32.2. The van der Waals surface area contributed by atoms with Crippen molar-refractivity contribution in [3.8, 4) is 6.07 Å². The van der Waals surface area contributed by atoms with Crippen molar-refractivity contribution in [2.24, 2.45) is 0 Å². The van der Waals surface area contributed by atoms with Gasteiger partial charge in [-0.05, 0) is 12.1 Å². The van der Waals surface area contributed by atoms with Crippen molar-refractivity contribution in [3.05, 3.63) is 30.3 Å². The van der Waals surface area contributed by atoms with Crippen LogP contribution < -0.4 is 15.6 Å². The first kappa shape index (κ1) is 23.5. The minimum absolute atomic E-state index is 0.141. The van der Waals surface area contributed by atoms with Crippen molar-refractivity contribution in [3.63, 3.8) is 0 Å². The molecule has 0 aromatic heterocycles. The van der Waals surface area contributed by atoms with Gasteiger partial charge >= 0.3 is 12.1 Å². The molecule has 0 saturated carbocycles. The van der Waals surface area contributed by atoms with Crippen LogP contribution in [0.3, 0.4) is 0 Å². The highest BCUT2D eigenvalue weighted by molar-refractivity contribution is 7.89. The van der Waals surface area contributed by atoms with E-state index in [-0.39, 0.29) is 23.6 Å². The maximum absolute atomic E-state index is 11.9. The third-order valence-corrected chi connectivity index (χ3v) is 4.88. The summed E-state index contributed by atoms with van der Waals surface area (Å²) < 4.78 is 55.6. The second kappa shape index (κ2) is 9.60. The van der Waals surface area contributed by atoms with E-state index in [1.165, 1.54) is 12.1 Å². The van der Waals surface area contributed by atoms with Gasteiger partial charge in [0.1, 0.15) is 0 Å². The van der Waals surface area contributed by atoms with Gasteiger partial charge in [0.25, 0.3) is 10.0 Å². The number of benzene rings is 1. The van der Waals surface area contributed by atoms with Crippen LogP contribution in [0.1, 0.15) is 12.8 Å². The molecule has 0 spiro atoms. The van der Waals surface area contributed by atoms with E-state index in [0.29, 0.717) is 13.0 Å². The Hall–Kier alpha value is -2.53. The van der Waals surface area contributed by atoms with Crippen molar-refractivity contribution in [1.82, 2.24) is 15.6 Å². The number of carbonyl (C=O) groups excluding carboxylic acids is 1. The zero-order valence-electron chi connectivity index (χ0n) is 14.3. The van der Waals surface area contributed by atoms with Gasteiger partial charge in [0.15, 0.2) is 11.3 Å². The molecule has 1 aromatic rings. The second-order valence-corrected chi connectivity index (χ2v) is 7.20. The van der Waals surface area contributed by atoms with Crippen molar-refractivity contribution in [2.75, 3.05) is 13.1 Å². The highest BCUT2D eigenvalue weighted by Gasteiger charge is 2.41. The number of ketones is 1. The first-order chi connectivity index (χ1) is 12.9. The van der Waals surface area contributed by atoms with Crippen LogP contribution in [0.25, 0.3) is 0 Å². The van der Waals surface area contributed by atoms with E-state index in [1.54, 1.807) is 18.2 Å². The Labute approximate surface area is 158 Å². The maximum atomic E-state index is 11.9. The summed E-state index contributed by atoms with van der Waals surface area (Å²) in [5.74, 6) is -2.91. The summed E-state index contributed by atoms with van der Waals surface area (Å²) in [5.41, 5.74) is 1.35. The van der Waals surface area contributed by atoms with Crippen LogP contribution in [-0.4, -0.2) is 50.1 Å². The quantitative estimate of drug-likeness (QED) is 0.378. The van der Waals surface area contributed by atoms with Crippen LogP contribution in [-0.2, 0) is 19.6 Å². The summed E-state index contributed by atoms with van der Waals surface area (Å²) in [5, 5.41) is 19.1. The number of hydrogen-bond donors (Lipinski definition) is 4. The number of rotatable bonds is 6. The molecule has 4 N–H and O–H groups in total. The summed E-state index contributed by atoms with van der Waals surface area (Å²) in [4.78, 5) is 23.0. The van der Waals surface area contributed by atoms with Crippen LogP contribution in [0.5, 0.6) is 0 Å². The van der Waals surface area contributed by atoms with E-state index in [0.717, 1.165) is 0 Å². The van der Waals surface area contributed by atoms with Crippen LogP contribution in [0.15, 0.2) is 35.2 Å². The Balaban J connectivity index is 0.000000480. The first-order valence-corrected chi connectivity index (χ1v) is 9.22. The average Bonchev–Trinajstić information content (AvgIpc) is 3.00. The molecule has 154 valence electrons. The average molecular weight is 422 g/mol. The summed E-state index contributed by atoms with van der Waals surface area (Å²) in [7, 11) is -3.65. The lowest BCUT2D eigenvalue weighted by Crippen LogP contribution is -2.48. The lowest BCUT2D eigenvalue weighted by molar-refractivity contribution is -0.192. The van der Waals surface area contributed by atoms with Gasteiger partial charge in [0, 0.05) is 25.9 Å². The molecule has 2 rings (SSSR count). The van der Waals surface area contributed by atoms with E-state index in [2.05, 4.69) is 15.6 Å². The fraction of sp³-hybridized carbons (Fsp3) is 0.400. The molecule has 1 fully saturated rings. The normalized spacial score (nSPS) is 19.4. The number of Topliss-reactive ketones (excluding diaryl/α,β-unsaturated/α-hetero) is 1. The molecule has 28 heavy (non-hydrogen) atoms. The lowest BCUT2D eigenvalue weighted by atomic mass is 9.94. The zero-order chi connectivity index (χ0) is 21.4. The summed E-state index contributed by atoms with van der Waals surface area (Å²) in [6, 6.07) is 9.90. The number of carbonyl (C=O) groups is 2. The number of nitrogens with one attached hydrogen (secondary N) is 3. The second-order valence-electron chi connectivity index (χ2n) is 5.52. The fourth-order valence-corrected chi connectivity index (χ4v) is 3.07. The SMILES string of the molecule is N#CC1(CCNNS(=O)(=O)c2ccccc2)NCCC1=O.O=C(O)C(F)(F)F. The molecule has 0 radical (unpaired) electrons. The number of sulfonamides is 1. The number of halogens is 3. The molecular weight excluding hydrogens is 405 g/mol. The number of nitrogens with zero attached hydrogens (tertiary/aromatic N) is 1. The maximum Gasteiger partial charge on any atom is 0.490 e. The van der Waals surface area contributed by atoms with Crippen molar-refractivity contribution < 1.29 is 36.3 Å². The van der Waals surface area contributed by atoms with Gasteiger partial charge in [-0.3, -0.25) is 10.1 Å². The van der Waals surface area contributed by atoms with E-state index in [1.807, 2.05) is 6.07 Å². The molecule has 1 aliphatic rings. The summed E-state index contributed by atoms with van der Waals surface area (Å²) in [6.45, 7) is 0.639. The summed E-state index contributed by atoms with van der Waals surface area (Å²) in [6.07, 6.45) is -4.57. The number of carboxylic acid groups (broad SMARTS) is 1. The molecule has 1 atom stereocenters. The van der Waals surface area contributed by atoms with Gasteiger partial charge in [-0.15, -0.1) is 4.83 Å². The number of aliphatic carboxylic acids is 1. The van der Waals surface area contributed by atoms with Crippen LogP contribution >= 0.6 is 0 Å². The highest BCUT2D eigenvalue weighted by Crippen LogP contribution is 2.18. The van der Waals surface area contributed by atoms with E-state index < -0.39 is 27.7 Å². The molecular formula is C15H17F3N4O5S. The smallest absolute Gasteiger partial charge is 0.475 e. The van der Waals surface area contributed by atoms with Crippen LogP contribution in [0, 0.1) is 11.3 Å². The molecule has 0 bridgehead atoms. The Morgan fingerprint density at radius 3 is 2.32 bits per heavy atom. The Bertz CT molecular complexity index is 839. The molecule has 13 heteroatoms. The molecule has 1 unspecified atom stereocenters. The monoisotopic (exact) mass is 422 g/mol. The largest absolute Gasteiger partial charge is 0.490 e. The third-order valence-electron chi connectivity index (χ3n) is 3.57. The Morgan fingerprint density at radius 2 is 1.89 bits per heavy atom. The van der Waals surface area contributed by atoms with E-state index in [9.17, 15) is 26.4 Å². The van der Waals surface area contributed by atoms with Gasteiger partial charge < -0.3 is 5.11 Å². The predicted octanol–water partition coefficient (Wildman–Crippen LogP) is 0.318. The third kappa shape index (κ3) is 6.57. The first-order valence-electron chi connectivity index (χ1n) is 7.74. The van der Waals surface area contributed by atoms with Gasteiger partial charge in [0.05, 0.1) is 11.0 Å². The summed E-state index contributed by atoms with van der Waals surface area (Å²) >= 11 is 0. The molecule has 0 aliphatic carbocycles. The molecule has 1 saturated heterocycles. The Kier molecular flexibility index (Phi) is 8.06. The van der Waals surface area contributed by atoms with Gasteiger partial charge in [-0.1, -0.05) is 18.2 Å². The van der Waals surface area contributed by atoms with Crippen molar-refractivity contribution >= 4 is 21.8 Å². The van der Waals surface area contributed by atoms with Gasteiger partial charge in [-0.2, -0.15) is 18.4 Å². The van der Waals surface area contributed by atoms with E-state index in [4.69, 9.17) is 15.2 Å². The van der Waals surface area contributed by atoms with Gasteiger partial charge in [0.2, 0.25) is 0 Å². The van der Waals surface area contributed by atoms with Crippen LogP contribution in [0.4, 0.5) is 13.2 Å². The number of hydrogen-bond acceptors (Lipinski definition) is 7. The minimum atomic E-state index is -5.08.